The van der Waals surface area contributed by atoms with Crippen molar-refractivity contribution in [2.75, 3.05) is 6.54 Å². The topological polar surface area (TPSA) is 91.9 Å². The molecule has 0 aliphatic heterocycles. The predicted octanol–water partition coefficient (Wildman–Crippen LogP) is 4.89. The fraction of sp³-hybridized carbons (Fsp3) is 0.320. The van der Waals surface area contributed by atoms with E-state index in [2.05, 4.69) is 11.1 Å². The number of Topliss-reactive ketones (excluding diaryl/α,β-unsaturated/α-hetero) is 1. The van der Waals surface area contributed by atoms with Gasteiger partial charge in [-0.15, -0.1) is 0 Å². The van der Waals surface area contributed by atoms with Crippen molar-refractivity contribution < 1.29 is 19.8 Å². The molecule has 0 aliphatic carbocycles. The highest BCUT2D eigenvalue weighted by atomic mass is 16.4. The van der Waals surface area contributed by atoms with Crippen molar-refractivity contribution in [1.82, 2.24) is 4.57 Å². The molecule has 0 amide bonds. The maximum absolute atomic E-state index is 12.1. The van der Waals surface area contributed by atoms with Crippen molar-refractivity contribution in [2.45, 2.75) is 47.0 Å². The number of carboxylic acids is 1. The number of carboxylic acid groups (broad SMARTS) is 1. The molecule has 0 saturated carbocycles. The number of carbonyl (C=O) groups excluding carboxylic acids is 1. The first-order valence-electron chi connectivity index (χ1n) is 10.3. The van der Waals surface area contributed by atoms with Gasteiger partial charge >= 0.3 is 5.97 Å². The minimum atomic E-state index is -0.910. The summed E-state index contributed by atoms with van der Waals surface area (Å²) < 4.78 is 1.82. The van der Waals surface area contributed by atoms with Gasteiger partial charge in [0.05, 0.1) is 17.6 Å². The van der Waals surface area contributed by atoms with Gasteiger partial charge in [-0.3, -0.25) is 19.1 Å². The largest absolute Gasteiger partial charge is 0.494 e. The Morgan fingerprint density at radius 2 is 1.65 bits per heavy atom. The molecule has 2 N–H and O–H groups in total. The maximum Gasteiger partial charge on any atom is 0.303 e. The molecule has 6 nitrogen and oxygen atoms in total. The standard InChI is InChI=1S/C25H28N2O4/c1-15-8-9-21-22(13-15)27(19-11-16(2)10-17(3)12-19)25(31)24(21)18(4)26-14-20(28)6-5-7-23(29)30/h8-13,31H,5-7,14H2,1-4H3,(H,29,30). The number of carbonyl (C=O) groups is 2. The molecule has 0 spiro atoms. The van der Waals surface area contributed by atoms with Crippen molar-refractivity contribution in [3.8, 4) is 11.6 Å². The lowest BCUT2D eigenvalue weighted by Crippen LogP contribution is -2.07. The van der Waals surface area contributed by atoms with Crippen LogP contribution in [0.25, 0.3) is 16.6 Å². The molecule has 3 rings (SSSR count). The van der Waals surface area contributed by atoms with Crippen LogP contribution in [0.15, 0.2) is 41.4 Å². The number of fused-ring (bicyclic) bond motifs is 1. The summed E-state index contributed by atoms with van der Waals surface area (Å²) in [5.41, 5.74) is 6.19. The summed E-state index contributed by atoms with van der Waals surface area (Å²) >= 11 is 0. The van der Waals surface area contributed by atoms with Crippen LogP contribution >= 0.6 is 0 Å². The van der Waals surface area contributed by atoms with E-state index in [0.717, 1.165) is 33.3 Å². The first kappa shape index (κ1) is 22.3. The molecule has 0 unspecified atom stereocenters. The zero-order chi connectivity index (χ0) is 22.7. The number of nitrogens with zero attached hydrogens (tertiary/aromatic N) is 2. The van der Waals surface area contributed by atoms with Gasteiger partial charge in [-0.05, 0) is 69.0 Å². The van der Waals surface area contributed by atoms with Gasteiger partial charge in [0.1, 0.15) is 0 Å². The van der Waals surface area contributed by atoms with Crippen LogP contribution < -0.4 is 0 Å². The average molecular weight is 421 g/mol. The van der Waals surface area contributed by atoms with Gasteiger partial charge in [0.2, 0.25) is 5.88 Å². The van der Waals surface area contributed by atoms with Crippen molar-refractivity contribution in [1.29, 1.82) is 0 Å². The van der Waals surface area contributed by atoms with Crippen LogP contribution in [-0.2, 0) is 9.59 Å². The minimum Gasteiger partial charge on any atom is -0.494 e. The smallest absolute Gasteiger partial charge is 0.303 e. The third-order valence-corrected chi connectivity index (χ3v) is 5.26. The Bertz CT molecular complexity index is 1170. The molecule has 6 heteroatoms. The summed E-state index contributed by atoms with van der Waals surface area (Å²) in [6.45, 7) is 7.80. The van der Waals surface area contributed by atoms with Crippen molar-refractivity contribution in [3.63, 3.8) is 0 Å². The van der Waals surface area contributed by atoms with Crippen LogP contribution in [0.4, 0.5) is 0 Å². The highest BCUT2D eigenvalue weighted by Gasteiger charge is 2.20. The number of ketones is 1. The van der Waals surface area contributed by atoms with Gasteiger partial charge in [-0.2, -0.15) is 0 Å². The van der Waals surface area contributed by atoms with Gasteiger partial charge in [-0.25, -0.2) is 0 Å². The van der Waals surface area contributed by atoms with Crippen LogP contribution in [-0.4, -0.2) is 38.8 Å². The highest BCUT2D eigenvalue weighted by molar-refractivity contribution is 6.13. The molecule has 2 aromatic carbocycles. The molecule has 0 bridgehead atoms. The number of hydrogen-bond donors (Lipinski definition) is 2. The summed E-state index contributed by atoms with van der Waals surface area (Å²) in [4.78, 5) is 27.1. The van der Waals surface area contributed by atoms with E-state index in [1.807, 2.05) is 55.7 Å². The Labute approximate surface area is 181 Å². The number of hydrogen-bond acceptors (Lipinski definition) is 4. The first-order chi connectivity index (χ1) is 14.7. The summed E-state index contributed by atoms with van der Waals surface area (Å²) in [5.74, 6) is -0.939. The number of aliphatic imine (C=N–C) groups is 1. The molecule has 0 atom stereocenters. The monoisotopic (exact) mass is 420 g/mol. The van der Waals surface area contributed by atoms with Crippen LogP contribution in [0.1, 0.15) is 48.4 Å². The van der Waals surface area contributed by atoms with Gasteiger partial charge < -0.3 is 10.2 Å². The first-order valence-corrected chi connectivity index (χ1v) is 10.3. The number of benzene rings is 2. The van der Waals surface area contributed by atoms with E-state index in [4.69, 9.17) is 5.11 Å². The van der Waals surface area contributed by atoms with Gasteiger partial charge in [-0.1, -0.05) is 18.2 Å². The predicted molar refractivity (Wildman–Crippen MR) is 123 cm³/mol. The zero-order valence-corrected chi connectivity index (χ0v) is 18.4. The van der Waals surface area contributed by atoms with Gasteiger partial charge in [0.25, 0.3) is 0 Å². The van der Waals surface area contributed by atoms with Gasteiger partial charge in [0, 0.05) is 29.6 Å². The molecule has 1 aromatic heterocycles. The SMILES string of the molecule is CC(=NCC(=O)CCCC(=O)O)c1c(O)n(-c2cc(C)cc(C)c2)c2cc(C)ccc12. The van der Waals surface area contributed by atoms with E-state index >= 15 is 0 Å². The number of aryl methyl sites for hydroxylation is 3. The lowest BCUT2D eigenvalue weighted by Gasteiger charge is -2.10. The summed E-state index contributed by atoms with van der Waals surface area (Å²) in [6.07, 6.45) is 0.454. The highest BCUT2D eigenvalue weighted by Crippen LogP contribution is 2.36. The third kappa shape index (κ3) is 5.02. The maximum atomic E-state index is 12.1. The quantitative estimate of drug-likeness (QED) is 0.507. The number of aliphatic carboxylic acids is 1. The lowest BCUT2D eigenvalue weighted by atomic mass is 10.1. The number of aromatic nitrogens is 1. The fourth-order valence-electron chi connectivity index (χ4n) is 3.88. The second-order valence-electron chi connectivity index (χ2n) is 8.09. The number of rotatable bonds is 8. The van der Waals surface area contributed by atoms with E-state index in [-0.39, 0.29) is 31.0 Å². The summed E-state index contributed by atoms with van der Waals surface area (Å²) in [6, 6.07) is 12.1. The lowest BCUT2D eigenvalue weighted by molar-refractivity contribution is -0.137. The second kappa shape index (κ2) is 9.16. The molecule has 0 saturated heterocycles. The molecular formula is C25H28N2O4. The average Bonchev–Trinajstić information content (AvgIpc) is 2.96. The Morgan fingerprint density at radius 3 is 2.29 bits per heavy atom. The minimum absolute atomic E-state index is 0.0298. The van der Waals surface area contributed by atoms with E-state index in [1.165, 1.54) is 0 Å². The van der Waals surface area contributed by atoms with Gasteiger partial charge in [0.15, 0.2) is 5.78 Å². The van der Waals surface area contributed by atoms with Crippen LogP contribution in [0.5, 0.6) is 5.88 Å². The molecule has 1 heterocycles. The van der Waals surface area contributed by atoms with E-state index in [9.17, 15) is 14.7 Å². The van der Waals surface area contributed by atoms with Crippen molar-refractivity contribution >= 4 is 28.4 Å². The fourth-order valence-corrected chi connectivity index (χ4v) is 3.88. The van der Waals surface area contributed by atoms with E-state index in [1.54, 1.807) is 6.92 Å². The number of aromatic hydroxyl groups is 1. The Balaban J connectivity index is 2.02. The van der Waals surface area contributed by atoms with Crippen LogP contribution in [0.3, 0.4) is 0 Å². The van der Waals surface area contributed by atoms with E-state index < -0.39 is 5.97 Å². The molecule has 162 valence electrons. The van der Waals surface area contributed by atoms with E-state index in [0.29, 0.717) is 17.7 Å². The van der Waals surface area contributed by atoms with Crippen molar-refractivity contribution in [2.24, 2.45) is 4.99 Å². The van der Waals surface area contributed by atoms with Crippen molar-refractivity contribution in [3.05, 3.63) is 58.7 Å². The molecular weight excluding hydrogens is 392 g/mol. The molecule has 31 heavy (non-hydrogen) atoms. The van der Waals surface area contributed by atoms with Crippen LogP contribution in [0.2, 0.25) is 0 Å². The Kier molecular flexibility index (Phi) is 6.59. The molecule has 0 fully saturated rings. The Hall–Kier alpha value is -3.41. The molecule has 3 aromatic rings. The zero-order valence-electron chi connectivity index (χ0n) is 18.4. The Morgan fingerprint density at radius 1 is 0.968 bits per heavy atom. The third-order valence-electron chi connectivity index (χ3n) is 5.26. The summed E-state index contributed by atoms with van der Waals surface area (Å²) in [7, 11) is 0. The molecule has 0 aliphatic rings. The molecule has 0 radical (unpaired) electrons. The van der Waals surface area contributed by atoms with Crippen LogP contribution in [0, 0.1) is 20.8 Å². The second-order valence-corrected chi connectivity index (χ2v) is 8.09. The normalized spacial score (nSPS) is 11.8. The summed E-state index contributed by atoms with van der Waals surface area (Å²) in [5, 5.41) is 20.8.